The van der Waals surface area contributed by atoms with Crippen molar-refractivity contribution in [2.24, 2.45) is 5.92 Å². The maximum atomic E-state index is 13.1. The summed E-state index contributed by atoms with van der Waals surface area (Å²) in [7, 11) is 0. The van der Waals surface area contributed by atoms with Crippen LogP contribution in [-0.2, 0) is 16.0 Å². The molecule has 7 heteroatoms. The first kappa shape index (κ1) is 18.2. The number of amides is 1. The highest BCUT2D eigenvalue weighted by Gasteiger charge is 2.28. The number of fused-ring (bicyclic) bond motifs is 1. The van der Waals surface area contributed by atoms with Crippen molar-refractivity contribution < 1.29 is 23.8 Å². The lowest BCUT2D eigenvalue weighted by Gasteiger charge is -2.27. The number of aliphatic carboxylic acids is 1. The number of rotatable bonds is 5. The molecule has 5 nitrogen and oxygen atoms in total. The molecule has 3 rings (SSSR count). The minimum Gasteiger partial charge on any atom is -0.492 e. The van der Waals surface area contributed by atoms with Gasteiger partial charge in [0, 0.05) is 5.02 Å². The predicted molar refractivity (Wildman–Crippen MR) is 93.7 cm³/mol. The lowest BCUT2D eigenvalue weighted by molar-refractivity contribution is -0.138. The third kappa shape index (κ3) is 4.32. The van der Waals surface area contributed by atoms with E-state index in [4.69, 9.17) is 21.4 Å². The molecule has 0 bridgehead atoms. The van der Waals surface area contributed by atoms with Crippen LogP contribution < -0.4 is 10.1 Å². The van der Waals surface area contributed by atoms with E-state index in [9.17, 15) is 14.0 Å². The zero-order valence-electron chi connectivity index (χ0n) is 13.7. The molecule has 2 N–H and O–H groups in total. The predicted octanol–water partition coefficient (Wildman–Crippen LogP) is 3.36. The molecule has 0 spiro atoms. The summed E-state index contributed by atoms with van der Waals surface area (Å²) in [5.41, 5.74) is 1.36. The Morgan fingerprint density at radius 2 is 2.00 bits per heavy atom. The average molecular weight is 378 g/mol. The van der Waals surface area contributed by atoms with E-state index in [1.807, 2.05) is 0 Å². The minimum atomic E-state index is -1.06. The first-order valence-corrected chi connectivity index (χ1v) is 8.49. The van der Waals surface area contributed by atoms with Crippen LogP contribution in [-0.4, -0.2) is 23.6 Å². The SMILES string of the molecule is O=C(O)C[C@H](NC(=O)[C@@H]1COc2ccc(Cl)cc2C1)c1ccc(F)cc1. The van der Waals surface area contributed by atoms with Crippen LogP contribution in [0.1, 0.15) is 23.6 Å². The lowest BCUT2D eigenvalue weighted by Crippen LogP contribution is -2.39. The summed E-state index contributed by atoms with van der Waals surface area (Å²) in [4.78, 5) is 23.8. The van der Waals surface area contributed by atoms with Gasteiger partial charge in [0.15, 0.2) is 0 Å². The molecule has 1 amide bonds. The third-order valence-electron chi connectivity index (χ3n) is 4.27. The first-order chi connectivity index (χ1) is 12.4. The summed E-state index contributed by atoms with van der Waals surface area (Å²) in [5.74, 6) is -1.57. The van der Waals surface area contributed by atoms with E-state index >= 15 is 0 Å². The third-order valence-corrected chi connectivity index (χ3v) is 4.50. The van der Waals surface area contributed by atoms with Gasteiger partial charge >= 0.3 is 5.97 Å². The van der Waals surface area contributed by atoms with Crippen LogP contribution in [0.5, 0.6) is 5.75 Å². The molecular formula is C19H17ClFNO4. The van der Waals surface area contributed by atoms with Gasteiger partial charge in [0.1, 0.15) is 18.2 Å². The molecular weight excluding hydrogens is 361 g/mol. The summed E-state index contributed by atoms with van der Waals surface area (Å²) in [6.45, 7) is 0.198. The highest BCUT2D eigenvalue weighted by Crippen LogP contribution is 2.30. The number of halogens is 2. The molecule has 0 unspecified atom stereocenters. The number of benzene rings is 2. The molecule has 26 heavy (non-hydrogen) atoms. The number of carbonyl (C=O) groups is 2. The van der Waals surface area contributed by atoms with Gasteiger partial charge in [-0.3, -0.25) is 9.59 Å². The summed E-state index contributed by atoms with van der Waals surface area (Å²) in [5, 5.41) is 12.4. The summed E-state index contributed by atoms with van der Waals surface area (Å²) in [6.07, 6.45) is 0.151. The molecule has 0 saturated heterocycles. The Balaban J connectivity index is 1.73. The van der Waals surface area contributed by atoms with E-state index in [1.165, 1.54) is 24.3 Å². The van der Waals surface area contributed by atoms with E-state index in [-0.39, 0.29) is 18.9 Å². The van der Waals surface area contributed by atoms with Crippen LogP contribution in [0.2, 0.25) is 5.02 Å². The number of carboxylic acid groups (broad SMARTS) is 1. The highest BCUT2D eigenvalue weighted by atomic mass is 35.5. The Bertz CT molecular complexity index is 825. The van der Waals surface area contributed by atoms with Gasteiger partial charge in [-0.05, 0) is 47.9 Å². The van der Waals surface area contributed by atoms with Crippen molar-refractivity contribution in [3.05, 3.63) is 64.4 Å². The lowest BCUT2D eigenvalue weighted by atomic mass is 9.95. The molecule has 1 aliphatic heterocycles. The number of hydrogen-bond donors (Lipinski definition) is 2. The maximum absolute atomic E-state index is 13.1. The molecule has 2 aromatic carbocycles. The molecule has 1 aliphatic rings. The quantitative estimate of drug-likeness (QED) is 0.837. The zero-order valence-corrected chi connectivity index (χ0v) is 14.5. The van der Waals surface area contributed by atoms with Crippen LogP contribution in [0.25, 0.3) is 0 Å². The van der Waals surface area contributed by atoms with Crippen LogP contribution in [0, 0.1) is 11.7 Å². The Hall–Kier alpha value is -2.60. The second-order valence-electron chi connectivity index (χ2n) is 6.17. The molecule has 0 aromatic heterocycles. The van der Waals surface area contributed by atoms with Gasteiger partial charge in [-0.2, -0.15) is 0 Å². The second kappa shape index (κ2) is 7.74. The number of nitrogens with one attached hydrogen (secondary N) is 1. The topological polar surface area (TPSA) is 75.6 Å². The fourth-order valence-corrected chi connectivity index (χ4v) is 3.14. The van der Waals surface area contributed by atoms with Gasteiger partial charge in [-0.25, -0.2) is 4.39 Å². The fraction of sp³-hybridized carbons (Fsp3) is 0.263. The molecule has 0 radical (unpaired) electrons. The zero-order chi connectivity index (χ0) is 18.7. The van der Waals surface area contributed by atoms with Crippen molar-refractivity contribution in [2.45, 2.75) is 18.9 Å². The number of carbonyl (C=O) groups excluding carboxylic acids is 1. The van der Waals surface area contributed by atoms with Gasteiger partial charge in [-0.1, -0.05) is 23.7 Å². The summed E-state index contributed by atoms with van der Waals surface area (Å²) < 4.78 is 18.7. The van der Waals surface area contributed by atoms with Crippen molar-refractivity contribution in [1.82, 2.24) is 5.32 Å². The van der Waals surface area contributed by atoms with Crippen LogP contribution >= 0.6 is 11.6 Å². The van der Waals surface area contributed by atoms with Crippen molar-refractivity contribution in [1.29, 1.82) is 0 Å². The van der Waals surface area contributed by atoms with Gasteiger partial charge < -0.3 is 15.2 Å². The number of hydrogen-bond acceptors (Lipinski definition) is 3. The Labute approximate surface area is 154 Å². The summed E-state index contributed by atoms with van der Waals surface area (Å²) >= 11 is 5.99. The van der Waals surface area contributed by atoms with Crippen molar-refractivity contribution in [3.63, 3.8) is 0 Å². The average Bonchev–Trinajstić information content (AvgIpc) is 2.60. The smallest absolute Gasteiger partial charge is 0.305 e. The Morgan fingerprint density at radius 1 is 1.27 bits per heavy atom. The fourth-order valence-electron chi connectivity index (χ4n) is 2.94. The molecule has 2 atom stereocenters. The van der Waals surface area contributed by atoms with Crippen LogP contribution in [0.4, 0.5) is 4.39 Å². The minimum absolute atomic E-state index is 0.198. The van der Waals surface area contributed by atoms with Gasteiger partial charge in [0.05, 0.1) is 18.4 Å². The Kier molecular flexibility index (Phi) is 5.42. The molecule has 0 fully saturated rings. The molecule has 0 aliphatic carbocycles. The van der Waals surface area contributed by atoms with Crippen LogP contribution in [0.3, 0.4) is 0 Å². The number of carboxylic acids is 1. The largest absolute Gasteiger partial charge is 0.492 e. The van der Waals surface area contributed by atoms with E-state index in [0.29, 0.717) is 22.8 Å². The van der Waals surface area contributed by atoms with Crippen LogP contribution in [0.15, 0.2) is 42.5 Å². The standard InChI is InChI=1S/C19H17ClFNO4/c20-14-3-6-17-12(8-14)7-13(10-26-17)19(25)22-16(9-18(23)24)11-1-4-15(21)5-2-11/h1-6,8,13,16H,7,9-10H2,(H,22,25)(H,23,24)/t13-,16-/m0/s1. The van der Waals surface area contributed by atoms with E-state index in [0.717, 1.165) is 5.56 Å². The van der Waals surface area contributed by atoms with Gasteiger partial charge in [0.2, 0.25) is 5.91 Å². The molecule has 136 valence electrons. The van der Waals surface area contributed by atoms with E-state index in [1.54, 1.807) is 18.2 Å². The van der Waals surface area contributed by atoms with E-state index < -0.39 is 23.7 Å². The maximum Gasteiger partial charge on any atom is 0.305 e. The molecule has 0 saturated carbocycles. The first-order valence-electron chi connectivity index (χ1n) is 8.11. The van der Waals surface area contributed by atoms with Gasteiger partial charge in [-0.15, -0.1) is 0 Å². The van der Waals surface area contributed by atoms with Crippen molar-refractivity contribution >= 4 is 23.5 Å². The van der Waals surface area contributed by atoms with Gasteiger partial charge in [0.25, 0.3) is 0 Å². The monoisotopic (exact) mass is 377 g/mol. The highest BCUT2D eigenvalue weighted by molar-refractivity contribution is 6.30. The molecule has 1 heterocycles. The van der Waals surface area contributed by atoms with E-state index in [2.05, 4.69) is 5.32 Å². The second-order valence-corrected chi connectivity index (χ2v) is 6.61. The summed E-state index contributed by atoms with van der Waals surface area (Å²) in [6, 6.07) is 9.89. The van der Waals surface area contributed by atoms with Crippen molar-refractivity contribution in [3.8, 4) is 5.75 Å². The number of ether oxygens (including phenoxy) is 1. The normalized spacial score (nSPS) is 16.9. The Morgan fingerprint density at radius 3 is 2.69 bits per heavy atom. The van der Waals surface area contributed by atoms with Crippen molar-refractivity contribution in [2.75, 3.05) is 6.61 Å². The molecule has 2 aromatic rings.